The Labute approximate surface area is 169 Å². The second-order valence-electron chi connectivity index (χ2n) is 6.68. The van der Waals surface area contributed by atoms with Crippen molar-refractivity contribution in [2.45, 2.75) is 25.9 Å². The van der Waals surface area contributed by atoms with Crippen LogP contribution in [-0.2, 0) is 29.0 Å². The Morgan fingerprint density at radius 3 is 2.86 bits per heavy atom. The molecule has 0 aliphatic rings. The summed E-state index contributed by atoms with van der Waals surface area (Å²) in [4.78, 5) is 15.8. The zero-order valence-corrected chi connectivity index (χ0v) is 16.8. The van der Waals surface area contributed by atoms with Crippen LogP contribution in [0.1, 0.15) is 22.6 Å². The van der Waals surface area contributed by atoms with Gasteiger partial charge in [0.25, 0.3) is 0 Å². The summed E-state index contributed by atoms with van der Waals surface area (Å²) in [6, 6.07) is 14.5. The maximum absolute atomic E-state index is 13.5. The Morgan fingerprint density at radius 1 is 1.21 bits per heavy atom. The standard InChI is InChI=1S/C22H25FN2O2S/c1-27-12-5-11-25(22(26)15-21-9-4-13-28-21)17-20-8-3-10-24(20)16-18-6-2-7-19(23)14-18/h2-4,6-10,13-14H,5,11-12,15-17H2,1H3. The van der Waals surface area contributed by atoms with Gasteiger partial charge in [0.15, 0.2) is 0 Å². The summed E-state index contributed by atoms with van der Waals surface area (Å²) < 4.78 is 20.7. The lowest BCUT2D eigenvalue weighted by molar-refractivity contribution is -0.131. The molecule has 148 valence electrons. The molecular formula is C22H25FN2O2S. The molecule has 3 rings (SSSR count). The highest BCUT2D eigenvalue weighted by Gasteiger charge is 2.16. The van der Waals surface area contributed by atoms with E-state index in [4.69, 9.17) is 4.74 Å². The fourth-order valence-electron chi connectivity index (χ4n) is 3.14. The summed E-state index contributed by atoms with van der Waals surface area (Å²) in [6.07, 6.45) is 3.17. The Hall–Kier alpha value is -2.44. The molecule has 0 aliphatic heterocycles. The van der Waals surface area contributed by atoms with Crippen LogP contribution in [0.15, 0.2) is 60.1 Å². The molecule has 6 heteroatoms. The van der Waals surface area contributed by atoms with Crippen LogP contribution in [0.5, 0.6) is 0 Å². The number of carbonyl (C=O) groups is 1. The van der Waals surface area contributed by atoms with E-state index in [0.29, 0.717) is 32.7 Å². The molecule has 0 saturated carbocycles. The van der Waals surface area contributed by atoms with Gasteiger partial charge >= 0.3 is 0 Å². The minimum absolute atomic E-state index is 0.108. The molecular weight excluding hydrogens is 375 g/mol. The summed E-state index contributed by atoms with van der Waals surface area (Å²) in [5.74, 6) is -0.129. The van der Waals surface area contributed by atoms with Crippen LogP contribution in [0.25, 0.3) is 0 Å². The van der Waals surface area contributed by atoms with Gasteiger partial charge in [-0.1, -0.05) is 18.2 Å². The van der Waals surface area contributed by atoms with Gasteiger partial charge in [-0.15, -0.1) is 11.3 Å². The van der Waals surface area contributed by atoms with Crippen LogP contribution in [0.3, 0.4) is 0 Å². The van der Waals surface area contributed by atoms with E-state index < -0.39 is 0 Å². The first-order valence-electron chi connectivity index (χ1n) is 9.33. The van der Waals surface area contributed by atoms with Crippen LogP contribution in [-0.4, -0.2) is 35.6 Å². The third-order valence-corrected chi connectivity index (χ3v) is 5.43. The first-order chi connectivity index (χ1) is 13.7. The van der Waals surface area contributed by atoms with Crippen molar-refractivity contribution in [3.05, 3.63) is 82.1 Å². The number of nitrogens with zero attached hydrogens (tertiary/aromatic N) is 2. The maximum Gasteiger partial charge on any atom is 0.228 e. The average molecular weight is 401 g/mol. The molecule has 0 N–H and O–H groups in total. The normalized spacial score (nSPS) is 10.9. The third kappa shape index (κ3) is 5.78. The van der Waals surface area contributed by atoms with Gasteiger partial charge in [-0.2, -0.15) is 0 Å². The highest BCUT2D eigenvalue weighted by molar-refractivity contribution is 7.10. The van der Waals surface area contributed by atoms with Crippen LogP contribution in [0.4, 0.5) is 4.39 Å². The lowest BCUT2D eigenvalue weighted by Gasteiger charge is -2.23. The average Bonchev–Trinajstić information content (AvgIpc) is 3.33. The number of carbonyl (C=O) groups excluding carboxylic acids is 1. The molecule has 0 spiro atoms. The fourth-order valence-corrected chi connectivity index (χ4v) is 3.84. The first kappa shape index (κ1) is 20.3. The molecule has 0 atom stereocenters. The molecule has 0 radical (unpaired) electrons. The zero-order chi connectivity index (χ0) is 19.8. The lowest BCUT2D eigenvalue weighted by Crippen LogP contribution is -2.34. The zero-order valence-electron chi connectivity index (χ0n) is 16.0. The van der Waals surface area contributed by atoms with Gasteiger partial charge in [-0.25, -0.2) is 4.39 Å². The molecule has 0 saturated heterocycles. The quantitative estimate of drug-likeness (QED) is 0.474. The predicted molar refractivity (Wildman–Crippen MR) is 110 cm³/mol. The highest BCUT2D eigenvalue weighted by Crippen LogP contribution is 2.15. The lowest BCUT2D eigenvalue weighted by atomic mass is 10.2. The van der Waals surface area contributed by atoms with E-state index in [2.05, 4.69) is 4.57 Å². The van der Waals surface area contributed by atoms with Crippen LogP contribution < -0.4 is 0 Å². The second-order valence-corrected chi connectivity index (χ2v) is 7.71. The molecule has 4 nitrogen and oxygen atoms in total. The number of rotatable bonds is 10. The monoisotopic (exact) mass is 400 g/mol. The molecule has 0 unspecified atom stereocenters. The SMILES string of the molecule is COCCCN(Cc1cccn1Cc1cccc(F)c1)C(=O)Cc1cccs1. The molecule has 1 aromatic carbocycles. The van der Waals surface area contributed by atoms with Gasteiger partial charge in [-0.3, -0.25) is 4.79 Å². The number of hydrogen-bond acceptors (Lipinski definition) is 3. The maximum atomic E-state index is 13.5. The molecule has 28 heavy (non-hydrogen) atoms. The fraction of sp³-hybridized carbons (Fsp3) is 0.318. The minimum Gasteiger partial charge on any atom is -0.385 e. The van der Waals surface area contributed by atoms with Crippen LogP contribution >= 0.6 is 11.3 Å². The summed E-state index contributed by atoms with van der Waals surface area (Å²) in [6.45, 7) is 2.36. The number of aromatic nitrogens is 1. The minimum atomic E-state index is -0.237. The molecule has 1 amide bonds. The van der Waals surface area contributed by atoms with Crippen molar-refractivity contribution in [2.24, 2.45) is 0 Å². The van der Waals surface area contributed by atoms with Crippen molar-refractivity contribution in [2.75, 3.05) is 20.3 Å². The van der Waals surface area contributed by atoms with E-state index in [1.807, 2.05) is 46.8 Å². The second kappa shape index (κ2) is 10.2. The van der Waals surface area contributed by atoms with Crippen LogP contribution in [0.2, 0.25) is 0 Å². The largest absolute Gasteiger partial charge is 0.385 e. The Kier molecular flexibility index (Phi) is 7.39. The molecule has 0 aliphatic carbocycles. The summed E-state index contributed by atoms with van der Waals surface area (Å²) >= 11 is 1.60. The first-order valence-corrected chi connectivity index (χ1v) is 10.2. The molecule has 0 fully saturated rings. The van der Waals surface area contributed by atoms with Gasteiger partial charge in [0.05, 0.1) is 13.0 Å². The Morgan fingerprint density at radius 2 is 2.11 bits per heavy atom. The molecule has 0 bridgehead atoms. The van der Waals surface area contributed by atoms with Crippen molar-refractivity contribution < 1.29 is 13.9 Å². The number of methoxy groups -OCH3 is 1. The van der Waals surface area contributed by atoms with Crippen LogP contribution in [0, 0.1) is 5.82 Å². The van der Waals surface area contributed by atoms with E-state index in [1.165, 1.54) is 6.07 Å². The molecule has 2 heterocycles. The number of ether oxygens (including phenoxy) is 1. The van der Waals surface area contributed by atoms with Crippen molar-refractivity contribution in [3.8, 4) is 0 Å². The van der Waals surface area contributed by atoms with Gasteiger partial charge in [-0.05, 0) is 47.7 Å². The summed E-state index contributed by atoms with van der Waals surface area (Å²) in [5.41, 5.74) is 1.93. The predicted octanol–water partition coefficient (Wildman–Crippen LogP) is 4.34. The number of hydrogen-bond donors (Lipinski definition) is 0. The number of thiophene rings is 1. The number of benzene rings is 1. The van der Waals surface area contributed by atoms with E-state index in [1.54, 1.807) is 30.6 Å². The van der Waals surface area contributed by atoms with Gasteiger partial charge in [0, 0.05) is 43.6 Å². The topological polar surface area (TPSA) is 34.5 Å². The highest BCUT2D eigenvalue weighted by atomic mass is 32.1. The molecule has 2 aromatic heterocycles. The van der Waals surface area contributed by atoms with Gasteiger partial charge < -0.3 is 14.2 Å². The van der Waals surface area contributed by atoms with Gasteiger partial charge in [0.1, 0.15) is 5.82 Å². The van der Waals surface area contributed by atoms with Gasteiger partial charge in [0.2, 0.25) is 5.91 Å². The Balaban J connectivity index is 1.71. The van der Waals surface area contributed by atoms with E-state index in [-0.39, 0.29) is 11.7 Å². The summed E-state index contributed by atoms with van der Waals surface area (Å²) in [5, 5.41) is 1.99. The van der Waals surface area contributed by atoms with E-state index in [9.17, 15) is 9.18 Å². The number of halogens is 1. The van der Waals surface area contributed by atoms with Crippen molar-refractivity contribution >= 4 is 17.2 Å². The van der Waals surface area contributed by atoms with Crippen molar-refractivity contribution in [1.29, 1.82) is 0 Å². The number of amides is 1. The molecule has 3 aromatic rings. The smallest absolute Gasteiger partial charge is 0.228 e. The van der Waals surface area contributed by atoms with Crippen molar-refractivity contribution in [1.82, 2.24) is 9.47 Å². The van der Waals surface area contributed by atoms with E-state index in [0.717, 1.165) is 22.6 Å². The third-order valence-electron chi connectivity index (χ3n) is 4.55. The Bertz CT molecular complexity index is 876. The summed E-state index contributed by atoms with van der Waals surface area (Å²) in [7, 11) is 1.67. The van der Waals surface area contributed by atoms with E-state index >= 15 is 0 Å². The van der Waals surface area contributed by atoms with Crippen molar-refractivity contribution in [3.63, 3.8) is 0 Å².